The maximum Gasteiger partial charge on any atom is 0.268 e. The van der Waals surface area contributed by atoms with Crippen molar-refractivity contribution in [3.8, 4) is 0 Å². The molecule has 0 spiro atoms. The smallest absolute Gasteiger partial charge is 0.268 e. The molecule has 2 heterocycles. The number of hydrogen-bond acceptors (Lipinski definition) is 3. The molecule has 0 radical (unpaired) electrons. The molecule has 5 nitrogen and oxygen atoms in total. The number of pyridine rings is 1. The number of rotatable bonds is 7. The number of carbonyl (C=O) groups excluding carboxylic acids is 1. The first-order chi connectivity index (χ1) is 14.0. The highest BCUT2D eigenvalue weighted by atomic mass is 16.1. The molecule has 2 aromatic heterocycles. The average Bonchev–Trinajstić information content (AvgIpc) is 3.07. The highest BCUT2D eigenvalue weighted by Crippen LogP contribution is 2.59. The van der Waals surface area contributed by atoms with Crippen molar-refractivity contribution in [1.82, 2.24) is 20.0 Å². The number of amides is 1. The van der Waals surface area contributed by atoms with Crippen LogP contribution in [0, 0.1) is 29.1 Å². The number of nitrogens with zero attached hydrogens (tertiary/aromatic N) is 2. The van der Waals surface area contributed by atoms with Crippen molar-refractivity contribution in [2.45, 2.75) is 58.9 Å². The van der Waals surface area contributed by atoms with Crippen LogP contribution in [-0.4, -0.2) is 28.4 Å². The number of hydrogen-bond donors (Lipinski definition) is 2. The standard InChI is InChI=1S/C24H34N4O/c1-16(2)12-25-13-20-14-28-21(4-3-5-22(28)27-20)23(29)26-15-24-9-17-6-18(10-24)8-19(7-17)11-24/h3-5,14,16-19,25H,6-13,15H2,1-2H3,(H,26,29). The van der Waals surface area contributed by atoms with Crippen LogP contribution in [0.2, 0.25) is 0 Å². The summed E-state index contributed by atoms with van der Waals surface area (Å²) in [6.07, 6.45) is 10.3. The van der Waals surface area contributed by atoms with Crippen molar-refractivity contribution in [3.63, 3.8) is 0 Å². The van der Waals surface area contributed by atoms with Crippen LogP contribution in [-0.2, 0) is 6.54 Å². The Labute approximate surface area is 173 Å². The van der Waals surface area contributed by atoms with Gasteiger partial charge in [-0.1, -0.05) is 19.9 Å². The molecule has 0 atom stereocenters. The van der Waals surface area contributed by atoms with E-state index in [2.05, 4.69) is 29.5 Å². The van der Waals surface area contributed by atoms with Gasteiger partial charge in [0, 0.05) is 19.3 Å². The molecule has 4 saturated carbocycles. The highest BCUT2D eigenvalue weighted by Gasteiger charge is 2.50. The van der Waals surface area contributed by atoms with Gasteiger partial charge in [-0.05, 0) is 86.3 Å². The Morgan fingerprint density at radius 1 is 1.17 bits per heavy atom. The maximum atomic E-state index is 13.1. The van der Waals surface area contributed by atoms with Crippen LogP contribution in [0.15, 0.2) is 24.4 Å². The van der Waals surface area contributed by atoms with Gasteiger partial charge in [0.15, 0.2) is 0 Å². The summed E-state index contributed by atoms with van der Waals surface area (Å²) in [7, 11) is 0. The van der Waals surface area contributed by atoms with Gasteiger partial charge >= 0.3 is 0 Å². The van der Waals surface area contributed by atoms with Gasteiger partial charge in [-0.3, -0.25) is 9.20 Å². The van der Waals surface area contributed by atoms with Crippen LogP contribution < -0.4 is 10.6 Å². The normalized spacial score (nSPS) is 30.4. The lowest BCUT2D eigenvalue weighted by molar-refractivity contribution is -0.0503. The van der Waals surface area contributed by atoms with Crippen LogP contribution in [0.25, 0.3) is 5.65 Å². The molecule has 0 aliphatic heterocycles. The fraction of sp³-hybridized carbons (Fsp3) is 0.667. The summed E-state index contributed by atoms with van der Waals surface area (Å²) in [6, 6.07) is 5.82. The molecule has 0 unspecified atom stereocenters. The predicted molar refractivity (Wildman–Crippen MR) is 115 cm³/mol. The van der Waals surface area contributed by atoms with Gasteiger partial charge in [0.25, 0.3) is 5.91 Å². The third-order valence-electron chi connectivity index (χ3n) is 7.42. The van der Waals surface area contributed by atoms with E-state index in [9.17, 15) is 4.79 Å². The Morgan fingerprint density at radius 2 is 1.86 bits per heavy atom. The number of fused-ring (bicyclic) bond motifs is 1. The maximum absolute atomic E-state index is 13.1. The topological polar surface area (TPSA) is 58.4 Å². The third kappa shape index (κ3) is 3.81. The SMILES string of the molecule is CC(C)CNCc1cn2c(C(=O)NCC34CC5CC(CC(C5)C3)C4)cccc2n1. The van der Waals surface area contributed by atoms with Crippen LogP contribution in [0.1, 0.15) is 68.6 Å². The van der Waals surface area contributed by atoms with Crippen molar-refractivity contribution in [2.24, 2.45) is 29.1 Å². The molecule has 2 N–H and O–H groups in total. The van der Waals surface area contributed by atoms with E-state index < -0.39 is 0 Å². The first-order valence-corrected chi connectivity index (χ1v) is 11.5. The number of carbonyl (C=O) groups is 1. The molecular formula is C24H34N4O. The zero-order valence-electron chi connectivity index (χ0n) is 17.8. The van der Waals surface area contributed by atoms with Gasteiger partial charge < -0.3 is 10.6 Å². The molecule has 0 saturated heterocycles. The summed E-state index contributed by atoms with van der Waals surface area (Å²) in [4.78, 5) is 17.8. The lowest BCUT2D eigenvalue weighted by Crippen LogP contribution is -2.51. The van der Waals surface area contributed by atoms with Crippen LogP contribution in [0.5, 0.6) is 0 Å². The second-order valence-electron chi connectivity index (χ2n) is 10.5. The van der Waals surface area contributed by atoms with Gasteiger partial charge in [-0.25, -0.2) is 4.98 Å². The van der Waals surface area contributed by atoms with Crippen LogP contribution in [0.4, 0.5) is 0 Å². The Morgan fingerprint density at radius 3 is 2.52 bits per heavy atom. The Bertz CT molecular complexity index is 864. The van der Waals surface area contributed by atoms with Crippen LogP contribution >= 0.6 is 0 Å². The van der Waals surface area contributed by atoms with Crippen molar-refractivity contribution in [1.29, 1.82) is 0 Å². The fourth-order valence-electron chi connectivity index (χ4n) is 6.69. The summed E-state index contributed by atoms with van der Waals surface area (Å²) in [5, 5.41) is 6.75. The summed E-state index contributed by atoms with van der Waals surface area (Å²) >= 11 is 0. The predicted octanol–water partition coefficient (Wildman–Crippen LogP) is 4.03. The van der Waals surface area contributed by atoms with E-state index in [-0.39, 0.29) is 5.91 Å². The quantitative estimate of drug-likeness (QED) is 0.745. The monoisotopic (exact) mass is 394 g/mol. The third-order valence-corrected chi connectivity index (χ3v) is 7.42. The van der Waals surface area contributed by atoms with E-state index >= 15 is 0 Å². The van der Waals surface area contributed by atoms with Gasteiger partial charge in [0.2, 0.25) is 0 Å². The first kappa shape index (κ1) is 19.1. The van der Waals surface area contributed by atoms with E-state index in [0.717, 1.165) is 48.7 Å². The van der Waals surface area contributed by atoms with Gasteiger partial charge in [-0.15, -0.1) is 0 Å². The average molecular weight is 395 g/mol. The summed E-state index contributed by atoms with van der Waals surface area (Å²) in [5.74, 6) is 3.38. The second-order valence-corrected chi connectivity index (χ2v) is 10.5. The molecule has 1 amide bonds. The Hall–Kier alpha value is -1.88. The molecule has 2 aromatic rings. The van der Waals surface area contributed by atoms with Gasteiger partial charge in [0.1, 0.15) is 11.3 Å². The lowest BCUT2D eigenvalue weighted by Gasteiger charge is -2.56. The highest BCUT2D eigenvalue weighted by molar-refractivity contribution is 5.93. The number of nitrogens with one attached hydrogen (secondary N) is 2. The fourth-order valence-corrected chi connectivity index (χ4v) is 6.69. The van der Waals surface area contributed by atoms with E-state index in [0.29, 0.717) is 17.0 Å². The Balaban J connectivity index is 1.28. The molecule has 6 rings (SSSR count). The zero-order chi connectivity index (χ0) is 20.0. The molecule has 4 bridgehead atoms. The molecule has 0 aromatic carbocycles. The van der Waals surface area contributed by atoms with Gasteiger partial charge in [0.05, 0.1) is 5.69 Å². The van der Waals surface area contributed by atoms with E-state index in [1.54, 1.807) is 0 Å². The van der Waals surface area contributed by atoms with E-state index in [4.69, 9.17) is 0 Å². The van der Waals surface area contributed by atoms with E-state index in [1.165, 1.54) is 38.5 Å². The van der Waals surface area contributed by atoms with Crippen LogP contribution in [0.3, 0.4) is 0 Å². The molecule has 29 heavy (non-hydrogen) atoms. The lowest BCUT2D eigenvalue weighted by atomic mass is 9.49. The molecular weight excluding hydrogens is 360 g/mol. The minimum atomic E-state index is 0.0328. The molecule has 4 fully saturated rings. The minimum Gasteiger partial charge on any atom is -0.350 e. The molecule has 5 heteroatoms. The van der Waals surface area contributed by atoms with Crippen molar-refractivity contribution < 1.29 is 4.79 Å². The number of aromatic nitrogens is 2. The van der Waals surface area contributed by atoms with Crippen molar-refractivity contribution in [3.05, 3.63) is 35.8 Å². The zero-order valence-corrected chi connectivity index (χ0v) is 17.8. The number of imidazole rings is 1. The first-order valence-electron chi connectivity index (χ1n) is 11.5. The molecule has 4 aliphatic carbocycles. The summed E-state index contributed by atoms with van der Waals surface area (Å²) in [5.41, 5.74) is 2.87. The van der Waals surface area contributed by atoms with E-state index in [1.807, 2.05) is 28.8 Å². The summed E-state index contributed by atoms with van der Waals surface area (Å²) < 4.78 is 1.95. The largest absolute Gasteiger partial charge is 0.350 e. The molecule has 4 aliphatic rings. The van der Waals surface area contributed by atoms with Gasteiger partial charge in [-0.2, -0.15) is 0 Å². The summed E-state index contributed by atoms with van der Waals surface area (Å²) in [6.45, 7) is 6.93. The van der Waals surface area contributed by atoms with Crippen molar-refractivity contribution in [2.75, 3.05) is 13.1 Å². The minimum absolute atomic E-state index is 0.0328. The Kier molecular flexibility index (Phi) is 4.89. The second kappa shape index (κ2) is 7.42. The van der Waals surface area contributed by atoms with Crippen molar-refractivity contribution >= 4 is 11.6 Å². The molecule has 156 valence electrons.